The van der Waals surface area contributed by atoms with Crippen LogP contribution in [0.25, 0.3) is 0 Å². The third-order valence-electron chi connectivity index (χ3n) is 2.40. The van der Waals surface area contributed by atoms with Crippen molar-refractivity contribution in [3.8, 4) is 0 Å². The van der Waals surface area contributed by atoms with Gasteiger partial charge in [0, 0.05) is 33.3 Å². The van der Waals surface area contributed by atoms with Gasteiger partial charge in [-0.1, -0.05) is 6.08 Å². The SMILES string of the molecule is CNCCN1CC=C(COC)CC1. The van der Waals surface area contributed by atoms with E-state index < -0.39 is 0 Å². The molecule has 76 valence electrons. The van der Waals surface area contributed by atoms with Gasteiger partial charge in [-0.2, -0.15) is 0 Å². The molecular formula is C10H20N2O. The van der Waals surface area contributed by atoms with Crippen LogP contribution in [0.4, 0.5) is 0 Å². The molecule has 1 heterocycles. The Morgan fingerprint density at radius 2 is 2.46 bits per heavy atom. The highest BCUT2D eigenvalue weighted by Gasteiger charge is 2.09. The van der Waals surface area contributed by atoms with Crippen molar-refractivity contribution in [2.24, 2.45) is 0 Å². The molecule has 0 spiro atoms. The van der Waals surface area contributed by atoms with E-state index in [1.807, 2.05) is 7.05 Å². The molecule has 0 aromatic heterocycles. The second-order valence-electron chi connectivity index (χ2n) is 3.45. The Morgan fingerprint density at radius 3 is 3.00 bits per heavy atom. The summed E-state index contributed by atoms with van der Waals surface area (Å²) in [5.74, 6) is 0. The lowest BCUT2D eigenvalue weighted by Gasteiger charge is -2.25. The second kappa shape index (κ2) is 6.13. The molecule has 1 aliphatic rings. The van der Waals surface area contributed by atoms with Gasteiger partial charge in [-0.3, -0.25) is 4.90 Å². The fraction of sp³-hybridized carbons (Fsp3) is 0.800. The summed E-state index contributed by atoms with van der Waals surface area (Å²) in [6.07, 6.45) is 3.46. The van der Waals surface area contributed by atoms with Crippen molar-refractivity contribution in [2.45, 2.75) is 6.42 Å². The molecule has 0 bridgehead atoms. The smallest absolute Gasteiger partial charge is 0.0673 e. The second-order valence-corrected chi connectivity index (χ2v) is 3.45. The van der Waals surface area contributed by atoms with Crippen molar-refractivity contribution in [3.05, 3.63) is 11.6 Å². The van der Waals surface area contributed by atoms with Crippen LogP contribution in [0.15, 0.2) is 11.6 Å². The van der Waals surface area contributed by atoms with E-state index in [0.29, 0.717) is 0 Å². The van der Waals surface area contributed by atoms with Crippen molar-refractivity contribution in [3.63, 3.8) is 0 Å². The first-order valence-electron chi connectivity index (χ1n) is 4.90. The topological polar surface area (TPSA) is 24.5 Å². The van der Waals surface area contributed by atoms with E-state index in [9.17, 15) is 0 Å². The van der Waals surface area contributed by atoms with Crippen LogP contribution in [0.1, 0.15) is 6.42 Å². The molecule has 1 N–H and O–H groups in total. The molecule has 13 heavy (non-hydrogen) atoms. The van der Waals surface area contributed by atoms with Crippen molar-refractivity contribution < 1.29 is 4.74 Å². The fourth-order valence-electron chi connectivity index (χ4n) is 1.54. The molecule has 3 heteroatoms. The Kier molecular flexibility index (Phi) is 5.05. The van der Waals surface area contributed by atoms with Crippen LogP contribution in [0.2, 0.25) is 0 Å². The predicted molar refractivity (Wildman–Crippen MR) is 54.9 cm³/mol. The molecule has 0 radical (unpaired) electrons. The molecule has 0 aromatic carbocycles. The molecule has 0 aromatic rings. The Hall–Kier alpha value is -0.380. The van der Waals surface area contributed by atoms with E-state index in [1.165, 1.54) is 12.1 Å². The van der Waals surface area contributed by atoms with Gasteiger partial charge >= 0.3 is 0 Å². The summed E-state index contributed by atoms with van der Waals surface area (Å²) >= 11 is 0. The zero-order valence-corrected chi connectivity index (χ0v) is 8.68. The van der Waals surface area contributed by atoms with Gasteiger partial charge in [0.15, 0.2) is 0 Å². The Bertz CT molecular complexity index is 168. The summed E-state index contributed by atoms with van der Waals surface area (Å²) in [5, 5.41) is 3.16. The zero-order valence-electron chi connectivity index (χ0n) is 8.68. The van der Waals surface area contributed by atoms with Gasteiger partial charge in [0.25, 0.3) is 0 Å². The van der Waals surface area contributed by atoms with E-state index in [1.54, 1.807) is 7.11 Å². The summed E-state index contributed by atoms with van der Waals surface area (Å²) in [6, 6.07) is 0. The molecule has 0 aliphatic carbocycles. The Morgan fingerprint density at radius 1 is 1.62 bits per heavy atom. The lowest BCUT2D eigenvalue weighted by Crippen LogP contribution is -2.34. The monoisotopic (exact) mass is 184 g/mol. The summed E-state index contributed by atoms with van der Waals surface area (Å²) in [4.78, 5) is 2.45. The van der Waals surface area contributed by atoms with Crippen molar-refractivity contribution in [1.29, 1.82) is 0 Å². The van der Waals surface area contributed by atoms with Gasteiger partial charge in [0.2, 0.25) is 0 Å². The molecule has 0 saturated heterocycles. The highest BCUT2D eigenvalue weighted by Crippen LogP contribution is 2.09. The summed E-state index contributed by atoms with van der Waals surface area (Å²) in [5.41, 5.74) is 1.45. The van der Waals surface area contributed by atoms with Crippen LogP contribution >= 0.6 is 0 Å². The summed E-state index contributed by atoms with van der Waals surface area (Å²) in [6.45, 7) is 5.29. The van der Waals surface area contributed by atoms with Crippen LogP contribution in [-0.4, -0.2) is 51.8 Å². The number of hydrogen-bond donors (Lipinski definition) is 1. The summed E-state index contributed by atoms with van der Waals surface area (Å²) in [7, 11) is 3.75. The quantitative estimate of drug-likeness (QED) is 0.629. The van der Waals surface area contributed by atoms with Gasteiger partial charge in [-0.25, -0.2) is 0 Å². The highest BCUT2D eigenvalue weighted by molar-refractivity contribution is 5.07. The van der Waals surface area contributed by atoms with Gasteiger partial charge in [-0.15, -0.1) is 0 Å². The molecule has 0 unspecified atom stereocenters. The molecule has 1 rings (SSSR count). The molecule has 0 fully saturated rings. The van der Waals surface area contributed by atoms with Gasteiger partial charge in [0.05, 0.1) is 6.61 Å². The van der Waals surface area contributed by atoms with E-state index in [2.05, 4.69) is 16.3 Å². The molecule has 0 amide bonds. The minimum Gasteiger partial charge on any atom is -0.380 e. The number of nitrogens with zero attached hydrogens (tertiary/aromatic N) is 1. The zero-order chi connectivity index (χ0) is 9.52. The van der Waals surface area contributed by atoms with Crippen LogP contribution in [0, 0.1) is 0 Å². The lowest BCUT2D eigenvalue weighted by molar-refractivity contribution is 0.212. The third kappa shape index (κ3) is 3.89. The largest absolute Gasteiger partial charge is 0.380 e. The van der Waals surface area contributed by atoms with Crippen molar-refractivity contribution in [1.82, 2.24) is 10.2 Å². The number of nitrogens with one attached hydrogen (secondary N) is 1. The first-order chi connectivity index (χ1) is 6.36. The number of ether oxygens (including phenoxy) is 1. The number of rotatable bonds is 5. The van der Waals surface area contributed by atoms with Crippen molar-refractivity contribution in [2.75, 3.05) is 46.9 Å². The van der Waals surface area contributed by atoms with Gasteiger partial charge in [-0.05, 0) is 19.0 Å². The number of hydrogen-bond acceptors (Lipinski definition) is 3. The standard InChI is InChI=1S/C10H20N2O/c1-11-5-8-12-6-3-10(4-7-12)9-13-2/h3,11H,4-9H2,1-2H3. The molecule has 0 saturated carbocycles. The van der Waals surface area contributed by atoms with Gasteiger partial charge < -0.3 is 10.1 Å². The van der Waals surface area contributed by atoms with Crippen molar-refractivity contribution >= 4 is 0 Å². The predicted octanol–water partition coefficient (Wildman–Crippen LogP) is 0.484. The number of methoxy groups -OCH3 is 1. The maximum absolute atomic E-state index is 5.10. The molecular weight excluding hydrogens is 164 g/mol. The third-order valence-corrected chi connectivity index (χ3v) is 2.40. The maximum Gasteiger partial charge on any atom is 0.0673 e. The minimum atomic E-state index is 0.805. The van der Waals surface area contributed by atoms with Crippen LogP contribution < -0.4 is 5.32 Å². The fourth-order valence-corrected chi connectivity index (χ4v) is 1.54. The molecule has 1 aliphatic heterocycles. The minimum absolute atomic E-state index is 0.805. The van der Waals surface area contributed by atoms with Crippen LogP contribution in [0.5, 0.6) is 0 Å². The first kappa shape index (κ1) is 10.7. The average Bonchev–Trinajstić information content (AvgIpc) is 2.17. The van der Waals surface area contributed by atoms with E-state index in [0.717, 1.165) is 32.7 Å². The normalized spacial score (nSPS) is 18.8. The first-order valence-corrected chi connectivity index (χ1v) is 4.90. The van der Waals surface area contributed by atoms with Crippen LogP contribution in [-0.2, 0) is 4.74 Å². The maximum atomic E-state index is 5.10. The van der Waals surface area contributed by atoms with Gasteiger partial charge in [0.1, 0.15) is 0 Å². The lowest BCUT2D eigenvalue weighted by atomic mass is 10.1. The highest BCUT2D eigenvalue weighted by atomic mass is 16.5. The van der Waals surface area contributed by atoms with E-state index in [4.69, 9.17) is 4.74 Å². The van der Waals surface area contributed by atoms with E-state index >= 15 is 0 Å². The number of likely N-dealkylation sites (N-methyl/N-ethyl adjacent to an activating group) is 1. The summed E-state index contributed by atoms with van der Waals surface area (Å²) < 4.78 is 5.10. The van der Waals surface area contributed by atoms with E-state index in [-0.39, 0.29) is 0 Å². The van der Waals surface area contributed by atoms with Crippen LogP contribution in [0.3, 0.4) is 0 Å². The molecule has 3 nitrogen and oxygen atoms in total. The molecule has 0 atom stereocenters. The average molecular weight is 184 g/mol. The Balaban J connectivity index is 2.20. The Labute approximate surface area is 80.8 Å².